The molecule has 0 unspecified atom stereocenters. The number of nitrogens with zero attached hydrogens (tertiary/aromatic N) is 1. The summed E-state index contributed by atoms with van der Waals surface area (Å²) in [5.41, 5.74) is 1.57. The van der Waals surface area contributed by atoms with E-state index >= 15 is 0 Å². The number of hydrogen-bond acceptors (Lipinski definition) is 3. The van der Waals surface area contributed by atoms with Crippen molar-refractivity contribution in [3.05, 3.63) is 71.5 Å². The van der Waals surface area contributed by atoms with Gasteiger partial charge in [0.25, 0.3) is 0 Å². The number of carbonyl (C=O) groups is 1. The van der Waals surface area contributed by atoms with Gasteiger partial charge in [-0.05, 0) is 36.6 Å². The lowest BCUT2D eigenvalue weighted by molar-refractivity contribution is 0.0104. The number of halogens is 2. The first-order valence-electron chi connectivity index (χ1n) is 7.93. The lowest BCUT2D eigenvalue weighted by Gasteiger charge is -2.31. The van der Waals surface area contributed by atoms with Crippen LogP contribution in [0.15, 0.2) is 54.6 Å². The van der Waals surface area contributed by atoms with Gasteiger partial charge in [-0.25, -0.2) is 9.18 Å². The summed E-state index contributed by atoms with van der Waals surface area (Å²) in [6.07, 6.45) is 1.54. The lowest BCUT2D eigenvalue weighted by Crippen LogP contribution is -2.37. The average molecular weight is 350 g/mol. The third kappa shape index (κ3) is 5.05. The average Bonchev–Trinajstić information content (AvgIpc) is 2.57. The summed E-state index contributed by atoms with van der Waals surface area (Å²) in [5.74, 6) is -0.858. The minimum Gasteiger partial charge on any atom is -0.459 e. The third-order valence-corrected chi connectivity index (χ3v) is 4.12. The number of hydrogen-bond donors (Lipinski definition) is 0. The Hall–Kier alpha value is -1.91. The minimum atomic E-state index is -0.439. The fourth-order valence-electron chi connectivity index (χ4n) is 2.86. The first kappa shape index (κ1) is 18.4. The van der Waals surface area contributed by atoms with Crippen molar-refractivity contribution in [1.29, 1.82) is 0 Å². The smallest absolute Gasteiger partial charge is 0.338 e. The van der Waals surface area contributed by atoms with Crippen molar-refractivity contribution in [2.75, 3.05) is 13.1 Å². The van der Waals surface area contributed by atoms with Gasteiger partial charge < -0.3 is 4.74 Å². The van der Waals surface area contributed by atoms with Crippen molar-refractivity contribution in [2.45, 2.75) is 25.5 Å². The maximum Gasteiger partial charge on any atom is 0.338 e. The largest absolute Gasteiger partial charge is 0.459 e. The van der Waals surface area contributed by atoms with Crippen LogP contribution in [0.2, 0.25) is 0 Å². The van der Waals surface area contributed by atoms with Gasteiger partial charge in [0.15, 0.2) is 0 Å². The molecule has 3 rings (SSSR count). The Morgan fingerprint density at radius 3 is 2.46 bits per heavy atom. The van der Waals surface area contributed by atoms with Crippen LogP contribution in [0.3, 0.4) is 0 Å². The molecule has 0 amide bonds. The molecule has 128 valence electrons. The maximum atomic E-state index is 13.1. The summed E-state index contributed by atoms with van der Waals surface area (Å²) in [5, 5.41) is 0. The van der Waals surface area contributed by atoms with E-state index in [0.717, 1.165) is 32.5 Å². The van der Waals surface area contributed by atoms with E-state index in [1.54, 1.807) is 6.07 Å². The Kier molecular flexibility index (Phi) is 6.76. The van der Waals surface area contributed by atoms with Crippen LogP contribution < -0.4 is 0 Å². The molecule has 0 atom stereocenters. The predicted molar refractivity (Wildman–Crippen MR) is 93.8 cm³/mol. The molecule has 5 heteroatoms. The highest BCUT2D eigenvalue weighted by molar-refractivity contribution is 5.89. The molecule has 24 heavy (non-hydrogen) atoms. The Balaban J connectivity index is 0.00000208. The molecule has 0 bridgehead atoms. The van der Waals surface area contributed by atoms with Crippen molar-refractivity contribution < 1.29 is 13.9 Å². The molecule has 0 aromatic heterocycles. The standard InChI is InChI=1S/C19H20FNO2.ClH/c20-17-8-4-7-16(13-17)19(22)23-18-9-11-21(12-10-18)14-15-5-2-1-3-6-15;/h1-8,13,18H,9-12,14H2;1H. The molecule has 0 radical (unpaired) electrons. The number of rotatable bonds is 4. The second-order valence-corrected chi connectivity index (χ2v) is 5.88. The van der Waals surface area contributed by atoms with Crippen molar-refractivity contribution in [2.24, 2.45) is 0 Å². The van der Waals surface area contributed by atoms with Crippen LogP contribution in [0.5, 0.6) is 0 Å². The number of ether oxygens (including phenoxy) is 1. The minimum absolute atomic E-state index is 0. The third-order valence-electron chi connectivity index (χ3n) is 4.12. The zero-order valence-corrected chi connectivity index (χ0v) is 14.2. The van der Waals surface area contributed by atoms with Crippen LogP contribution >= 0.6 is 12.4 Å². The van der Waals surface area contributed by atoms with Gasteiger partial charge in [0.05, 0.1) is 5.56 Å². The summed E-state index contributed by atoms with van der Waals surface area (Å²) >= 11 is 0. The summed E-state index contributed by atoms with van der Waals surface area (Å²) < 4.78 is 18.6. The van der Waals surface area contributed by atoms with E-state index in [-0.39, 0.29) is 24.1 Å². The molecule has 1 heterocycles. The first-order valence-corrected chi connectivity index (χ1v) is 7.93. The molecule has 0 saturated carbocycles. The SMILES string of the molecule is Cl.O=C(OC1CCN(Cc2ccccc2)CC1)c1cccc(F)c1. The number of benzene rings is 2. The summed E-state index contributed by atoms with van der Waals surface area (Å²) in [6, 6.07) is 16.0. The van der Waals surface area contributed by atoms with Gasteiger partial charge >= 0.3 is 5.97 Å². The highest BCUT2D eigenvalue weighted by atomic mass is 35.5. The second-order valence-electron chi connectivity index (χ2n) is 5.88. The Morgan fingerprint density at radius 1 is 1.08 bits per heavy atom. The van der Waals surface area contributed by atoms with Gasteiger partial charge in [0.2, 0.25) is 0 Å². The molecular formula is C19H21ClFNO2. The molecule has 2 aromatic carbocycles. The fraction of sp³-hybridized carbons (Fsp3) is 0.316. The molecular weight excluding hydrogens is 329 g/mol. The van der Waals surface area contributed by atoms with Crippen LogP contribution in [0.4, 0.5) is 4.39 Å². The van der Waals surface area contributed by atoms with E-state index in [0.29, 0.717) is 0 Å². The van der Waals surface area contributed by atoms with E-state index in [2.05, 4.69) is 17.0 Å². The van der Waals surface area contributed by atoms with Gasteiger partial charge in [-0.3, -0.25) is 4.90 Å². The number of piperidine rings is 1. The quantitative estimate of drug-likeness (QED) is 0.779. The van der Waals surface area contributed by atoms with E-state index in [1.807, 2.05) is 18.2 Å². The maximum absolute atomic E-state index is 13.1. The fourth-order valence-corrected chi connectivity index (χ4v) is 2.86. The normalized spacial score (nSPS) is 15.5. The number of esters is 1. The van der Waals surface area contributed by atoms with Gasteiger partial charge in [-0.15, -0.1) is 12.4 Å². The Morgan fingerprint density at radius 2 is 1.79 bits per heavy atom. The van der Waals surface area contributed by atoms with Crippen molar-refractivity contribution in [1.82, 2.24) is 4.90 Å². The van der Waals surface area contributed by atoms with E-state index in [1.165, 1.54) is 23.8 Å². The number of carbonyl (C=O) groups excluding carboxylic acids is 1. The zero-order chi connectivity index (χ0) is 16.1. The van der Waals surface area contributed by atoms with Crippen LogP contribution in [-0.2, 0) is 11.3 Å². The Bertz CT molecular complexity index is 657. The van der Waals surface area contributed by atoms with Crippen molar-refractivity contribution >= 4 is 18.4 Å². The molecule has 2 aromatic rings. The summed E-state index contributed by atoms with van der Waals surface area (Å²) in [7, 11) is 0. The molecule has 3 nitrogen and oxygen atoms in total. The van der Waals surface area contributed by atoms with Gasteiger partial charge in [-0.1, -0.05) is 36.4 Å². The highest BCUT2D eigenvalue weighted by Gasteiger charge is 2.23. The van der Waals surface area contributed by atoms with Crippen LogP contribution in [0.25, 0.3) is 0 Å². The number of likely N-dealkylation sites (tertiary alicyclic amines) is 1. The molecule has 0 N–H and O–H groups in total. The van der Waals surface area contributed by atoms with Crippen LogP contribution in [0, 0.1) is 5.82 Å². The highest BCUT2D eigenvalue weighted by Crippen LogP contribution is 2.18. The van der Waals surface area contributed by atoms with E-state index in [4.69, 9.17) is 4.74 Å². The van der Waals surface area contributed by atoms with E-state index in [9.17, 15) is 9.18 Å². The predicted octanol–water partition coefficient (Wildman–Crippen LogP) is 4.07. The second kappa shape index (κ2) is 8.81. The van der Waals surface area contributed by atoms with Crippen molar-refractivity contribution in [3.8, 4) is 0 Å². The molecule has 1 aliphatic rings. The van der Waals surface area contributed by atoms with Crippen LogP contribution in [0.1, 0.15) is 28.8 Å². The lowest BCUT2D eigenvalue weighted by atomic mass is 10.1. The summed E-state index contributed by atoms with van der Waals surface area (Å²) in [4.78, 5) is 14.4. The monoisotopic (exact) mass is 349 g/mol. The van der Waals surface area contributed by atoms with Crippen molar-refractivity contribution in [3.63, 3.8) is 0 Å². The summed E-state index contributed by atoms with van der Waals surface area (Å²) in [6.45, 7) is 2.72. The van der Waals surface area contributed by atoms with Gasteiger partial charge in [-0.2, -0.15) is 0 Å². The zero-order valence-electron chi connectivity index (χ0n) is 13.4. The van der Waals surface area contributed by atoms with Gasteiger partial charge in [0.1, 0.15) is 11.9 Å². The van der Waals surface area contributed by atoms with Gasteiger partial charge in [0, 0.05) is 19.6 Å². The van der Waals surface area contributed by atoms with Crippen LogP contribution in [-0.4, -0.2) is 30.1 Å². The first-order chi connectivity index (χ1) is 11.2. The van der Waals surface area contributed by atoms with E-state index < -0.39 is 11.8 Å². The topological polar surface area (TPSA) is 29.5 Å². The molecule has 1 aliphatic heterocycles. The molecule has 1 saturated heterocycles. The molecule has 0 spiro atoms. The molecule has 0 aliphatic carbocycles. The molecule has 1 fully saturated rings. The Labute approximate surface area is 147 Å².